The van der Waals surface area contributed by atoms with Crippen LogP contribution in [0.15, 0.2) is 30.3 Å². The van der Waals surface area contributed by atoms with Gasteiger partial charge in [-0.15, -0.1) is 5.10 Å². The van der Waals surface area contributed by atoms with Crippen molar-refractivity contribution in [1.29, 1.82) is 5.26 Å². The highest BCUT2D eigenvalue weighted by Gasteiger charge is 2.10. The van der Waals surface area contributed by atoms with E-state index < -0.39 is 0 Å². The Morgan fingerprint density at radius 1 is 1.32 bits per heavy atom. The van der Waals surface area contributed by atoms with Crippen molar-refractivity contribution in [2.75, 3.05) is 0 Å². The van der Waals surface area contributed by atoms with E-state index in [1.165, 1.54) is 0 Å². The molecule has 0 aliphatic rings. The van der Waals surface area contributed by atoms with Crippen molar-refractivity contribution in [3.05, 3.63) is 47.4 Å². The Bertz CT molecular complexity index is 842. The van der Waals surface area contributed by atoms with Gasteiger partial charge in [-0.2, -0.15) is 20.7 Å². The van der Waals surface area contributed by atoms with Gasteiger partial charge in [0.05, 0.1) is 11.4 Å². The molecule has 0 aliphatic heterocycles. The highest BCUT2D eigenvalue weighted by Crippen LogP contribution is 2.24. The van der Waals surface area contributed by atoms with Crippen molar-refractivity contribution in [3.8, 4) is 23.1 Å². The van der Waals surface area contributed by atoms with Crippen LogP contribution >= 0.6 is 0 Å². The molecule has 2 aromatic heterocycles. The van der Waals surface area contributed by atoms with Crippen LogP contribution in [0.5, 0.6) is 5.75 Å². The van der Waals surface area contributed by atoms with Crippen molar-refractivity contribution in [3.63, 3.8) is 0 Å². The Morgan fingerprint density at radius 2 is 2.18 bits per heavy atom. The molecule has 7 nitrogen and oxygen atoms in total. The van der Waals surface area contributed by atoms with Crippen LogP contribution in [0.25, 0.3) is 11.3 Å². The molecule has 110 valence electrons. The van der Waals surface area contributed by atoms with E-state index in [0.29, 0.717) is 18.1 Å². The summed E-state index contributed by atoms with van der Waals surface area (Å²) in [5.41, 5.74) is 3.51. The van der Waals surface area contributed by atoms with Gasteiger partial charge < -0.3 is 4.74 Å². The molecule has 1 N–H and O–H groups in total. The predicted octanol–water partition coefficient (Wildman–Crippen LogP) is 1.96. The zero-order valence-corrected chi connectivity index (χ0v) is 12.2. The molecule has 0 bridgehead atoms. The van der Waals surface area contributed by atoms with Crippen LogP contribution in [0.4, 0.5) is 0 Å². The molecule has 0 aliphatic carbocycles. The molecule has 2 heterocycles. The molecular formula is C15H14N6O. The highest BCUT2D eigenvalue weighted by molar-refractivity contribution is 5.65. The Kier molecular flexibility index (Phi) is 3.58. The number of aromatic nitrogens is 5. The van der Waals surface area contributed by atoms with Gasteiger partial charge in [-0.1, -0.05) is 12.1 Å². The Balaban J connectivity index is 1.80. The van der Waals surface area contributed by atoms with Gasteiger partial charge in [0.1, 0.15) is 24.1 Å². The van der Waals surface area contributed by atoms with Crippen molar-refractivity contribution >= 4 is 0 Å². The molecule has 0 amide bonds. The second-order valence-electron chi connectivity index (χ2n) is 4.85. The van der Waals surface area contributed by atoms with Crippen LogP contribution in [0.2, 0.25) is 0 Å². The number of ether oxygens (including phenoxy) is 1. The molecule has 22 heavy (non-hydrogen) atoms. The molecular weight excluding hydrogens is 280 g/mol. The van der Waals surface area contributed by atoms with Gasteiger partial charge in [0.25, 0.3) is 0 Å². The summed E-state index contributed by atoms with van der Waals surface area (Å²) in [6.45, 7) is 2.36. The molecule has 1 aromatic carbocycles. The molecule has 0 saturated heterocycles. The largest absolute Gasteiger partial charge is 0.487 e. The summed E-state index contributed by atoms with van der Waals surface area (Å²) in [5.74, 6) is 0.697. The zero-order valence-electron chi connectivity index (χ0n) is 12.2. The number of nitrogens with zero attached hydrogens (tertiary/aromatic N) is 5. The van der Waals surface area contributed by atoms with Crippen LogP contribution in [-0.2, 0) is 13.7 Å². The van der Waals surface area contributed by atoms with Crippen LogP contribution in [0, 0.1) is 18.3 Å². The Hall–Kier alpha value is -3.14. The molecule has 3 rings (SSSR count). The van der Waals surface area contributed by atoms with E-state index in [4.69, 9.17) is 10.00 Å². The fourth-order valence-electron chi connectivity index (χ4n) is 2.20. The summed E-state index contributed by atoms with van der Waals surface area (Å²) < 4.78 is 7.59. The van der Waals surface area contributed by atoms with Crippen molar-refractivity contribution in [2.45, 2.75) is 13.5 Å². The van der Waals surface area contributed by atoms with Gasteiger partial charge in [0.15, 0.2) is 5.69 Å². The number of benzene rings is 1. The number of hydrogen-bond donors (Lipinski definition) is 1. The lowest BCUT2D eigenvalue weighted by Gasteiger charge is -2.07. The zero-order chi connectivity index (χ0) is 15.5. The van der Waals surface area contributed by atoms with Crippen molar-refractivity contribution < 1.29 is 4.74 Å². The number of aromatic amines is 1. The summed E-state index contributed by atoms with van der Waals surface area (Å²) in [5, 5.41) is 23.6. The fourth-order valence-corrected chi connectivity index (χ4v) is 2.20. The maximum absolute atomic E-state index is 9.01. The van der Waals surface area contributed by atoms with E-state index >= 15 is 0 Å². The summed E-state index contributed by atoms with van der Waals surface area (Å²) >= 11 is 0. The lowest BCUT2D eigenvalue weighted by atomic mass is 10.1. The molecule has 0 unspecified atom stereocenters. The summed E-state index contributed by atoms with van der Waals surface area (Å²) in [7, 11) is 1.89. The third-order valence-corrected chi connectivity index (χ3v) is 3.25. The first-order valence-electron chi connectivity index (χ1n) is 6.71. The Morgan fingerprint density at radius 3 is 2.91 bits per heavy atom. The SMILES string of the molecule is Cc1cc(COc2cccc(-c3n[nH]nc3C#N)c2)n(C)n1. The minimum absolute atomic E-state index is 0.263. The molecule has 0 fully saturated rings. The van der Waals surface area contributed by atoms with E-state index in [0.717, 1.165) is 17.0 Å². The van der Waals surface area contributed by atoms with Gasteiger partial charge in [0.2, 0.25) is 0 Å². The lowest BCUT2D eigenvalue weighted by molar-refractivity contribution is 0.295. The molecule has 7 heteroatoms. The molecule has 0 saturated carbocycles. The second kappa shape index (κ2) is 5.69. The number of hydrogen-bond acceptors (Lipinski definition) is 5. The minimum Gasteiger partial charge on any atom is -0.487 e. The van der Waals surface area contributed by atoms with E-state index in [-0.39, 0.29) is 5.69 Å². The number of nitriles is 1. The quantitative estimate of drug-likeness (QED) is 0.794. The maximum Gasteiger partial charge on any atom is 0.190 e. The third-order valence-electron chi connectivity index (χ3n) is 3.25. The summed E-state index contributed by atoms with van der Waals surface area (Å²) in [6.07, 6.45) is 0. The van der Waals surface area contributed by atoms with Gasteiger partial charge in [-0.3, -0.25) is 4.68 Å². The van der Waals surface area contributed by atoms with E-state index in [9.17, 15) is 0 Å². The summed E-state index contributed by atoms with van der Waals surface area (Å²) in [6, 6.07) is 11.4. The second-order valence-corrected chi connectivity index (χ2v) is 4.85. The molecule has 0 radical (unpaired) electrons. The predicted molar refractivity (Wildman–Crippen MR) is 78.8 cm³/mol. The lowest BCUT2D eigenvalue weighted by Crippen LogP contribution is -2.03. The minimum atomic E-state index is 0.263. The van der Waals surface area contributed by atoms with Crippen molar-refractivity contribution in [2.24, 2.45) is 7.05 Å². The van der Waals surface area contributed by atoms with E-state index in [2.05, 4.69) is 20.5 Å². The van der Waals surface area contributed by atoms with Gasteiger partial charge >= 0.3 is 0 Å². The van der Waals surface area contributed by atoms with E-state index in [1.807, 2.05) is 50.4 Å². The van der Waals surface area contributed by atoms with E-state index in [1.54, 1.807) is 4.68 Å². The molecule has 0 atom stereocenters. The first-order chi connectivity index (χ1) is 10.7. The first kappa shape index (κ1) is 13.8. The summed E-state index contributed by atoms with van der Waals surface area (Å²) in [4.78, 5) is 0. The maximum atomic E-state index is 9.01. The monoisotopic (exact) mass is 294 g/mol. The number of rotatable bonds is 4. The topological polar surface area (TPSA) is 92.4 Å². The van der Waals surface area contributed by atoms with Gasteiger partial charge in [0, 0.05) is 12.6 Å². The van der Waals surface area contributed by atoms with Crippen LogP contribution in [-0.4, -0.2) is 25.2 Å². The average molecular weight is 294 g/mol. The normalized spacial score (nSPS) is 10.4. The first-order valence-corrected chi connectivity index (χ1v) is 6.71. The third kappa shape index (κ3) is 2.67. The van der Waals surface area contributed by atoms with Crippen LogP contribution < -0.4 is 4.74 Å². The number of H-pyrrole nitrogens is 1. The van der Waals surface area contributed by atoms with Gasteiger partial charge in [-0.25, -0.2) is 0 Å². The Labute approximate surface area is 127 Å². The fraction of sp³-hybridized carbons (Fsp3) is 0.200. The molecule has 0 spiro atoms. The van der Waals surface area contributed by atoms with Gasteiger partial charge in [-0.05, 0) is 25.1 Å². The van der Waals surface area contributed by atoms with Crippen LogP contribution in [0.1, 0.15) is 17.1 Å². The smallest absolute Gasteiger partial charge is 0.190 e. The number of nitrogens with one attached hydrogen (secondary N) is 1. The number of aryl methyl sites for hydroxylation is 2. The highest BCUT2D eigenvalue weighted by atomic mass is 16.5. The average Bonchev–Trinajstić information content (AvgIpc) is 3.11. The van der Waals surface area contributed by atoms with Crippen molar-refractivity contribution in [1.82, 2.24) is 25.2 Å². The standard InChI is InChI=1S/C15H14N6O/c1-10-6-12(21(2)19-10)9-22-13-5-3-4-11(7-13)15-14(8-16)17-20-18-15/h3-7H,9H2,1-2H3,(H,17,18,20). The van der Waals surface area contributed by atoms with Crippen LogP contribution in [0.3, 0.4) is 0 Å². The molecule has 3 aromatic rings.